The van der Waals surface area contributed by atoms with Gasteiger partial charge >= 0.3 is 0 Å². The molecule has 0 unspecified atom stereocenters. The summed E-state index contributed by atoms with van der Waals surface area (Å²) in [7, 11) is 0. The zero-order valence-electron chi connectivity index (χ0n) is 18.7. The van der Waals surface area contributed by atoms with Gasteiger partial charge in [-0.3, -0.25) is 14.4 Å². The Labute approximate surface area is 189 Å². The molecule has 3 rings (SSSR count). The summed E-state index contributed by atoms with van der Waals surface area (Å²) in [6.07, 6.45) is 1.56. The van der Waals surface area contributed by atoms with Gasteiger partial charge in [-0.2, -0.15) is 0 Å². The molecule has 2 N–H and O–H groups in total. The lowest BCUT2D eigenvalue weighted by atomic mass is 9.95. The molecule has 2 aromatic rings. The van der Waals surface area contributed by atoms with E-state index in [-0.39, 0.29) is 36.3 Å². The highest BCUT2D eigenvalue weighted by atomic mass is 16.5. The van der Waals surface area contributed by atoms with Gasteiger partial charge in [0.25, 0.3) is 5.91 Å². The summed E-state index contributed by atoms with van der Waals surface area (Å²) in [5.74, 6) is 0.410. The van der Waals surface area contributed by atoms with Crippen molar-refractivity contribution in [1.82, 2.24) is 10.2 Å². The van der Waals surface area contributed by atoms with Crippen molar-refractivity contribution >= 4 is 23.4 Å². The van der Waals surface area contributed by atoms with Crippen LogP contribution in [0.4, 0.5) is 5.69 Å². The van der Waals surface area contributed by atoms with Crippen molar-refractivity contribution in [2.24, 2.45) is 5.92 Å². The Morgan fingerprint density at radius 2 is 1.66 bits per heavy atom. The summed E-state index contributed by atoms with van der Waals surface area (Å²) in [5.41, 5.74) is 1.60. The molecule has 32 heavy (non-hydrogen) atoms. The lowest BCUT2D eigenvalue weighted by Crippen LogP contribution is -2.43. The Balaban J connectivity index is 1.41. The van der Waals surface area contributed by atoms with E-state index in [1.165, 1.54) is 0 Å². The minimum atomic E-state index is -0.134. The van der Waals surface area contributed by atoms with Gasteiger partial charge in [0.1, 0.15) is 5.75 Å². The molecular weight excluding hydrogens is 406 g/mol. The molecule has 1 heterocycles. The number of hydrogen-bond acceptors (Lipinski definition) is 4. The van der Waals surface area contributed by atoms with Gasteiger partial charge in [0.05, 0.1) is 6.42 Å². The number of benzene rings is 2. The molecule has 1 aliphatic rings. The summed E-state index contributed by atoms with van der Waals surface area (Å²) < 4.78 is 5.53. The Morgan fingerprint density at radius 1 is 1.00 bits per heavy atom. The summed E-state index contributed by atoms with van der Waals surface area (Å²) in [6.45, 7) is 4.94. The number of anilines is 1. The van der Waals surface area contributed by atoms with E-state index >= 15 is 0 Å². The summed E-state index contributed by atoms with van der Waals surface area (Å²) in [6, 6.07) is 16.7. The Kier molecular flexibility index (Phi) is 8.25. The molecule has 7 nitrogen and oxygen atoms in total. The molecule has 3 amide bonds. The molecule has 1 aliphatic heterocycles. The van der Waals surface area contributed by atoms with Crippen LogP contribution in [0.25, 0.3) is 0 Å². The smallest absolute Gasteiger partial charge is 0.260 e. The molecule has 0 spiro atoms. The number of carbonyl (C=O) groups excluding carboxylic acids is 3. The number of amides is 3. The molecule has 0 radical (unpaired) electrons. The maximum absolute atomic E-state index is 12.6. The Hall–Kier alpha value is -3.35. The van der Waals surface area contributed by atoms with E-state index in [0.717, 1.165) is 5.56 Å². The summed E-state index contributed by atoms with van der Waals surface area (Å²) >= 11 is 0. The molecule has 170 valence electrons. The topological polar surface area (TPSA) is 87.7 Å². The van der Waals surface area contributed by atoms with Crippen LogP contribution in [0.5, 0.6) is 5.75 Å². The average Bonchev–Trinajstić information content (AvgIpc) is 2.79. The van der Waals surface area contributed by atoms with Gasteiger partial charge in [-0.25, -0.2) is 0 Å². The first-order valence-electron chi connectivity index (χ1n) is 11.1. The first-order valence-corrected chi connectivity index (χ1v) is 11.1. The van der Waals surface area contributed by atoms with Crippen LogP contribution in [0.15, 0.2) is 54.6 Å². The number of para-hydroxylation sites is 1. The van der Waals surface area contributed by atoms with Crippen LogP contribution in [0.1, 0.15) is 32.3 Å². The normalized spacial score (nSPS) is 14.2. The highest BCUT2D eigenvalue weighted by molar-refractivity contribution is 5.93. The number of piperidine rings is 1. The molecule has 2 aromatic carbocycles. The third-order valence-corrected chi connectivity index (χ3v) is 5.36. The predicted octanol–water partition coefficient (Wildman–Crippen LogP) is 3.01. The largest absolute Gasteiger partial charge is 0.484 e. The van der Waals surface area contributed by atoms with Crippen LogP contribution in [-0.2, 0) is 20.8 Å². The second kappa shape index (κ2) is 11.3. The fourth-order valence-electron chi connectivity index (χ4n) is 3.65. The average molecular weight is 438 g/mol. The maximum atomic E-state index is 12.6. The van der Waals surface area contributed by atoms with Crippen LogP contribution >= 0.6 is 0 Å². The SMILES string of the molecule is CC(C)NC(=O)Cc1ccc(NC(=O)C2CCN(C(=O)COc3ccccc3)CC2)cc1. The minimum Gasteiger partial charge on any atom is -0.484 e. The standard InChI is InChI=1S/C25H31N3O4/c1-18(2)26-23(29)16-19-8-10-21(11-9-19)27-25(31)20-12-14-28(15-13-20)24(30)17-32-22-6-4-3-5-7-22/h3-11,18,20H,12-17H2,1-2H3,(H,26,29)(H,27,31). The molecule has 0 bridgehead atoms. The monoisotopic (exact) mass is 437 g/mol. The highest BCUT2D eigenvalue weighted by Crippen LogP contribution is 2.20. The number of hydrogen-bond donors (Lipinski definition) is 2. The molecule has 1 fully saturated rings. The van der Waals surface area contributed by atoms with Crippen molar-refractivity contribution in [2.75, 3.05) is 25.0 Å². The van der Waals surface area contributed by atoms with Gasteiger partial charge in [-0.05, 0) is 56.5 Å². The van der Waals surface area contributed by atoms with Crippen molar-refractivity contribution in [3.8, 4) is 5.75 Å². The van der Waals surface area contributed by atoms with E-state index in [0.29, 0.717) is 43.8 Å². The third-order valence-electron chi connectivity index (χ3n) is 5.36. The third kappa shape index (κ3) is 7.11. The molecule has 0 aromatic heterocycles. The van der Waals surface area contributed by atoms with Gasteiger partial charge in [0.2, 0.25) is 11.8 Å². The van der Waals surface area contributed by atoms with Crippen LogP contribution in [0.2, 0.25) is 0 Å². The first-order chi connectivity index (χ1) is 15.4. The van der Waals surface area contributed by atoms with E-state index in [9.17, 15) is 14.4 Å². The van der Waals surface area contributed by atoms with Crippen LogP contribution < -0.4 is 15.4 Å². The molecule has 1 saturated heterocycles. The van der Waals surface area contributed by atoms with Gasteiger partial charge in [-0.1, -0.05) is 30.3 Å². The van der Waals surface area contributed by atoms with E-state index < -0.39 is 0 Å². The van der Waals surface area contributed by atoms with E-state index in [2.05, 4.69) is 10.6 Å². The summed E-state index contributed by atoms with van der Waals surface area (Å²) in [4.78, 5) is 38.6. The predicted molar refractivity (Wildman–Crippen MR) is 123 cm³/mol. The number of nitrogens with one attached hydrogen (secondary N) is 2. The highest BCUT2D eigenvalue weighted by Gasteiger charge is 2.27. The quantitative estimate of drug-likeness (QED) is 0.665. The lowest BCUT2D eigenvalue weighted by molar-refractivity contribution is -0.136. The van der Waals surface area contributed by atoms with Gasteiger partial charge in [0, 0.05) is 30.7 Å². The van der Waals surface area contributed by atoms with Gasteiger partial charge in [-0.15, -0.1) is 0 Å². The number of carbonyl (C=O) groups is 3. The lowest BCUT2D eigenvalue weighted by Gasteiger charge is -2.31. The number of likely N-dealkylation sites (tertiary alicyclic amines) is 1. The number of ether oxygens (including phenoxy) is 1. The van der Waals surface area contributed by atoms with Crippen molar-refractivity contribution in [1.29, 1.82) is 0 Å². The molecule has 7 heteroatoms. The molecule has 0 aliphatic carbocycles. The zero-order chi connectivity index (χ0) is 22.9. The van der Waals surface area contributed by atoms with Crippen LogP contribution in [0.3, 0.4) is 0 Å². The van der Waals surface area contributed by atoms with Crippen molar-refractivity contribution in [3.05, 3.63) is 60.2 Å². The Bertz CT molecular complexity index is 905. The van der Waals surface area contributed by atoms with Crippen molar-refractivity contribution < 1.29 is 19.1 Å². The van der Waals surface area contributed by atoms with Crippen molar-refractivity contribution in [2.45, 2.75) is 39.2 Å². The van der Waals surface area contributed by atoms with Gasteiger partial charge in [0.15, 0.2) is 6.61 Å². The first kappa shape index (κ1) is 23.3. The van der Waals surface area contributed by atoms with Crippen LogP contribution in [-0.4, -0.2) is 48.4 Å². The van der Waals surface area contributed by atoms with E-state index in [1.54, 1.807) is 4.90 Å². The van der Waals surface area contributed by atoms with E-state index in [4.69, 9.17) is 4.74 Å². The molecular formula is C25H31N3O4. The van der Waals surface area contributed by atoms with Crippen molar-refractivity contribution in [3.63, 3.8) is 0 Å². The fraction of sp³-hybridized carbons (Fsp3) is 0.400. The number of rotatable bonds is 8. The van der Waals surface area contributed by atoms with Crippen LogP contribution in [0, 0.1) is 5.92 Å². The minimum absolute atomic E-state index is 0.00240. The molecule has 0 saturated carbocycles. The second-order valence-corrected chi connectivity index (χ2v) is 8.34. The Morgan fingerprint density at radius 3 is 2.28 bits per heavy atom. The summed E-state index contributed by atoms with van der Waals surface area (Å²) in [5, 5.41) is 5.81. The second-order valence-electron chi connectivity index (χ2n) is 8.34. The zero-order valence-corrected chi connectivity index (χ0v) is 18.7. The molecule has 0 atom stereocenters. The van der Waals surface area contributed by atoms with E-state index in [1.807, 2.05) is 68.4 Å². The number of nitrogens with zero attached hydrogens (tertiary/aromatic N) is 1. The fourth-order valence-corrected chi connectivity index (χ4v) is 3.65. The maximum Gasteiger partial charge on any atom is 0.260 e. The van der Waals surface area contributed by atoms with Gasteiger partial charge < -0.3 is 20.3 Å².